The van der Waals surface area contributed by atoms with Gasteiger partial charge in [-0.1, -0.05) is 11.6 Å². The predicted octanol–water partition coefficient (Wildman–Crippen LogP) is 2.48. The number of nitrogen functional groups attached to an aromatic ring is 1. The molecular weight excluding hydrogens is 266 g/mol. The third-order valence-electron chi connectivity index (χ3n) is 2.51. The Balaban J connectivity index is 2.30. The first-order valence-electron chi connectivity index (χ1n) is 5.55. The number of methoxy groups -OCH3 is 1. The zero-order valence-corrected chi connectivity index (χ0v) is 11.3. The number of nitrogens with zero attached hydrogens (tertiary/aromatic N) is 2. The Morgan fingerprint density at radius 3 is 2.84 bits per heavy atom. The van der Waals surface area contributed by atoms with Crippen molar-refractivity contribution in [1.29, 1.82) is 0 Å². The van der Waals surface area contributed by atoms with E-state index in [0.717, 1.165) is 11.3 Å². The molecule has 6 nitrogen and oxygen atoms in total. The minimum Gasteiger partial charge on any atom is -0.495 e. The van der Waals surface area contributed by atoms with Crippen molar-refractivity contribution in [2.45, 2.75) is 6.92 Å². The molecule has 0 bridgehead atoms. The molecule has 0 aliphatic carbocycles. The van der Waals surface area contributed by atoms with E-state index < -0.39 is 0 Å². The predicted molar refractivity (Wildman–Crippen MR) is 75.9 cm³/mol. The summed E-state index contributed by atoms with van der Waals surface area (Å²) in [6, 6.07) is 5.38. The second kappa shape index (κ2) is 5.73. The van der Waals surface area contributed by atoms with Crippen LogP contribution in [0.4, 0.5) is 17.5 Å². The number of aromatic nitrogens is 2. The molecule has 0 radical (unpaired) electrons. The number of hydrogen-bond donors (Lipinski definition) is 3. The standard InChI is InChI=1S/C12H14ClN5O/c1-7-6-15-12(18-14)17-11(7)16-8-3-4-9(13)10(5-8)19-2/h3-6H,14H2,1-2H3,(H2,15,16,17,18). The van der Waals surface area contributed by atoms with Gasteiger partial charge in [0.25, 0.3) is 0 Å². The van der Waals surface area contributed by atoms with Crippen LogP contribution in [-0.4, -0.2) is 17.1 Å². The fourth-order valence-electron chi connectivity index (χ4n) is 1.51. The number of aryl methyl sites for hydroxylation is 1. The van der Waals surface area contributed by atoms with Crippen LogP contribution in [0, 0.1) is 6.92 Å². The molecule has 2 aromatic rings. The zero-order valence-electron chi connectivity index (χ0n) is 10.6. The van der Waals surface area contributed by atoms with Crippen LogP contribution in [0.1, 0.15) is 5.56 Å². The highest BCUT2D eigenvalue weighted by atomic mass is 35.5. The summed E-state index contributed by atoms with van der Waals surface area (Å²) in [6.45, 7) is 1.90. The minimum atomic E-state index is 0.342. The van der Waals surface area contributed by atoms with Gasteiger partial charge in [-0.3, -0.25) is 5.43 Å². The Morgan fingerprint density at radius 2 is 2.16 bits per heavy atom. The SMILES string of the molecule is COc1cc(Nc2nc(NN)ncc2C)ccc1Cl. The van der Waals surface area contributed by atoms with E-state index in [1.165, 1.54) is 0 Å². The van der Waals surface area contributed by atoms with E-state index in [0.29, 0.717) is 22.5 Å². The van der Waals surface area contributed by atoms with Gasteiger partial charge in [0.1, 0.15) is 11.6 Å². The average molecular weight is 280 g/mol. The van der Waals surface area contributed by atoms with E-state index >= 15 is 0 Å². The van der Waals surface area contributed by atoms with Crippen molar-refractivity contribution < 1.29 is 4.74 Å². The van der Waals surface area contributed by atoms with E-state index in [9.17, 15) is 0 Å². The van der Waals surface area contributed by atoms with Crippen molar-refractivity contribution in [3.8, 4) is 5.75 Å². The van der Waals surface area contributed by atoms with Gasteiger partial charge < -0.3 is 10.1 Å². The smallest absolute Gasteiger partial charge is 0.239 e. The quantitative estimate of drug-likeness (QED) is 0.589. The van der Waals surface area contributed by atoms with Gasteiger partial charge in [-0.05, 0) is 19.1 Å². The van der Waals surface area contributed by atoms with Gasteiger partial charge in [0, 0.05) is 23.5 Å². The molecule has 0 saturated carbocycles. The minimum absolute atomic E-state index is 0.342. The summed E-state index contributed by atoms with van der Waals surface area (Å²) in [5, 5.41) is 3.72. The molecule has 2 rings (SSSR count). The van der Waals surface area contributed by atoms with Crippen LogP contribution in [0.2, 0.25) is 5.02 Å². The van der Waals surface area contributed by atoms with Gasteiger partial charge in [-0.25, -0.2) is 10.8 Å². The Hall–Kier alpha value is -2.05. The summed E-state index contributed by atoms with van der Waals surface area (Å²) < 4.78 is 5.16. The summed E-state index contributed by atoms with van der Waals surface area (Å²) in [5.74, 6) is 6.88. The number of hydrazine groups is 1. The molecule has 1 aromatic carbocycles. The molecule has 0 aliphatic rings. The molecule has 100 valence electrons. The highest BCUT2D eigenvalue weighted by molar-refractivity contribution is 6.32. The maximum Gasteiger partial charge on any atom is 0.239 e. The maximum absolute atomic E-state index is 5.97. The lowest BCUT2D eigenvalue weighted by Gasteiger charge is -2.11. The van der Waals surface area contributed by atoms with Gasteiger partial charge in [0.15, 0.2) is 0 Å². The molecule has 0 unspecified atom stereocenters. The molecule has 0 spiro atoms. The van der Waals surface area contributed by atoms with E-state index in [1.807, 2.05) is 13.0 Å². The van der Waals surface area contributed by atoms with Gasteiger partial charge in [0.05, 0.1) is 12.1 Å². The van der Waals surface area contributed by atoms with Gasteiger partial charge in [0.2, 0.25) is 5.95 Å². The van der Waals surface area contributed by atoms with E-state index in [1.54, 1.807) is 25.4 Å². The van der Waals surface area contributed by atoms with Gasteiger partial charge in [-0.15, -0.1) is 0 Å². The van der Waals surface area contributed by atoms with E-state index in [-0.39, 0.29) is 0 Å². The number of nitrogens with one attached hydrogen (secondary N) is 2. The first-order valence-corrected chi connectivity index (χ1v) is 5.92. The third-order valence-corrected chi connectivity index (χ3v) is 2.83. The maximum atomic E-state index is 5.97. The Kier molecular flexibility index (Phi) is 4.03. The van der Waals surface area contributed by atoms with Crippen LogP contribution in [0.25, 0.3) is 0 Å². The molecule has 7 heteroatoms. The Labute approximate surface area is 115 Å². The molecule has 0 amide bonds. The van der Waals surface area contributed by atoms with Crippen LogP contribution in [-0.2, 0) is 0 Å². The highest BCUT2D eigenvalue weighted by Gasteiger charge is 2.06. The number of hydrogen-bond acceptors (Lipinski definition) is 6. The summed E-state index contributed by atoms with van der Waals surface area (Å²) in [7, 11) is 1.57. The monoisotopic (exact) mass is 279 g/mol. The van der Waals surface area contributed by atoms with Gasteiger partial charge >= 0.3 is 0 Å². The topological polar surface area (TPSA) is 85.1 Å². The van der Waals surface area contributed by atoms with E-state index in [2.05, 4.69) is 20.7 Å². The van der Waals surface area contributed by atoms with Crippen LogP contribution < -0.4 is 21.3 Å². The van der Waals surface area contributed by atoms with Crippen molar-refractivity contribution >= 4 is 29.1 Å². The average Bonchev–Trinajstić information content (AvgIpc) is 2.43. The number of ether oxygens (including phenoxy) is 1. The molecule has 0 aliphatic heterocycles. The lowest BCUT2D eigenvalue weighted by Crippen LogP contribution is -2.11. The summed E-state index contributed by atoms with van der Waals surface area (Å²) in [5.41, 5.74) is 4.11. The lowest BCUT2D eigenvalue weighted by atomic mass is 10.2. The first kappa shape index (κ1) is 13.4. The molecular formula is C12H14ClN5O. The van der Waals surface area contributed by atoms with E-state index in [4.69, 9.17) is 22.2 Å². The molecule has 1 aromatic heterocycles. The van der Waals surface area contributed by atoms with Crippen LogP contribution >= 0.6 is 11.6 Å². The second-order valence-electron chi connectivity index (χ2n) is 3.84. The van der Waals surface area contributed by atoms with Crippen molar-refractivity contribution in [2.75, 3.05) is 17.9 Å². The molecule has 0 fully saturated rings. The molecule has 4 N–H and O–H groups in total. The second-order valence-corrected chi connectivity index (χ2v) is 4.25. The number of anilines is 3. The highest BCUT2D eigenvalue weighted by Crippen LogP contribution is 2.29. The summed E-state index contributed by atoms with van der Waals surface area (Å²) >= 11 is 5.97. The summed E-state index contributed by atoms with van der Waals surface area (Å²) in [6.07, 6.45) is 1.68. The van der Waals surface area contributed by atoms with Crippen LogP contribution in [0.5, 0.6) is 5.75 Å². The number of nitrogens with two attached hydrogens (primary N) is 1. The fraction of sp³-hybridized carbons (Fsp3) is 0.167. The van der Waals surface area contributed by atoms with Crippen molar-refractivity contribution in [2.24, 2.45) is 5.84 Å². The largest absolute Gasteiger partial charge is 0.495 e. The number of halogens is 1. The molecule has 0 atom stereocenters. The molecule has 0 saturated heterocycles. The van der Waals surface area contributed by atoms with Gasteiger partial charge in [-0.2, -0.15) is 4.98 Å². The molecule has 1 heterocycles. The van der Waals surface area contributed by atoms with Crippen LogP contribution in [0.3, 0.4) is 0 Å². The van der Waals surface area contributed by atoms with Crippen molar-refractivity contribution in [3.63, 3.8) is 0 Å². The zero-order chi connectivity index (χ0) is 13.8. The fourth-order valence-corrected chi connectivity index (χ4v) is 1.71. The normalized spacial score (nSPS) is 10.1. The number of rotatable bonds is 4. The Morgan fingerprint density at radius 1 is 1.37 bits per heavy atom. The van der Waals surface area contributed by atoms with Crippen LogP contribution in [0.15, 0.2) is 24.4 Å². The molecule has 19 heavy (non-hydrogen) atoms. The lowest BCUT2D eigenvalue weighted by molar-refractivity contribution is 0.415. The third kappa shape index (κ3) is 3.04. The first-order chi connectivity index (χ1) is 9.13. The van der Waals surface area contributed by atoms with Crippen molar-refractivity contribution in [1.82, 2.24) is 9.97 Å². The number of benzene rings is 1. The Bertz CT molecular complexity index is 590. The summed E-state index contributed by atoms with van der Waals surface area (Å²) in [4.78, 5) is 8.25. The van der Waals surface area contributed by atoms with Crippen molar-refractivity contribution in [3.05, 3.63) is 35.0 Å².